The zero-order valence-electron chi connectivity index (χ0n) is 10.1. The number of rotatable bonds is 1. The molecule has 2 fully saturated rings. The van der Waals surface area contributed by atoms with Gasteiger partial charge in [-0.15, -0.1) is 10.2 Å². The zero-order chi connectivity index (χ0) is 13.4. The van der Waals surface area contributed by atoms with Gasteiger partial charge in [0.25, 0.3) is 0 Å². The number of morpholine rings is 1. The Morgan fingerprint density at radius 2 is 2.21 bits per heavy atom. The summed E-state index contributed by atoms with van der Waals surface area (Å²) in [5, 5.41) is 7.77. The van der Waals surface area contributed by atoms with E-state index in [2.05, 4.69) is 15.2 Å². The number of ether oxygens (including phenoxy) is 1. The lowest BCUT2D eigenvalue weighted by Crippen LogP contribution is -2.60. The van der Waals surface area contributed by atoms with Gasteiger partial charge in [-0.2, -0.15) is 4.98 Å². The molecule has 0 spiro atoms. The van der Waals surface area contributed by atoms with E-state index >= 15 is 0 Å². The van der Waals surface area contributed by atoms with Crippen LogP contribution in [0.3, 0.4) is 0 Å². The van der Waals surface area contributed by atoms with Crippen molar-refractivity contribution < 1.29 is 9.53 Å². The molecular formula is C10H13ClN6O2. The lowest BCUT2D eigenvalue weighted by molar-refractivity contribution is -0.148. The van der Waals surface area contributed by atoms with E-state index in [9.17, 15) is 4.79 Å². The van der Waals surface area contributed by atoms with E-state index in [1.165, 1.54) is 0 Å². The average molecular weight is 285 g/mol. The van der Waals surface area contributed by atoms with Crippen LogP contribution < -0.4 is 10.6 Å². The predicted octanol–water partition coefficient (Wildman–Crippen LogP) is -0.845. The van der Waals surface area contributed by atoms with E-state index in [1.807, 2.05) is 9.80 Å². The number of fused-ring (bicyclic) bond motifs is 1. The van der Waals surface area contributed by atoms with Gasteiger partial charge < -0.3 is 20.3 Å². The first-order chi connectivity index (χ1) is 9.15. The molecule has 102 valence electrons. The number of hydrogen-bond donors (Lipinski definition) is 1. The number of hydrogen-bond acceptors (Lipinski definition) is 7. The maximum atomic E-state index is 11.7. The fraction of sp³-hybridized carbons (Fsp3) is 0.600. The van der Waals surface area contributed by atoms with E-state index in [0.29, 0.717) is 32.2 Å². The van der Waals surface area contributed by atoms with Crippen molar-refractivity contribution in [2.24, 2.45) is 0 Å². The standard InChI is InChI=1S/C10H13ClN6O2/c11-8-9(12)13-10(15-14-8)16-1-2-17-6(3-16)4-19-5-7(17)18/h6H,1-5H2,(H2,12,13,15). The number of carbonyl (C=O) groups excluding carboxylic acids is 1. The molecule has 2 N–H and O–H groups in total. The highest BCUT2D eigenvalue weighted by atomic mass is 35.5. The smallest absolute Gasteiger partial charge is 0.249 e. The van der Waals surface area contributed by atoms with E-state index in [0.717, 1.165) is 0 Å². The normalized spacial score (nSPS) is 23.4. The Morgan fingerprint density at radius 3 is 3.00 bits per heavy atom. The zero-order valence-corrected chi connectivity index (χ0v) is 10.9. The summed E-state index contributed by atoms with van der Waals surface area (Å²) in [7, 11) is 0. The third-order valence-corrected chi connectivity index (χ3v) is 3.55. The van der Waals surface area contributed by atoms with Gasteiger partial charge in [-0.25, -0.2) is 0 Å². The number of piperazine rings is 1. The highest BCUT2D eigenvalue weighted by Crippen LogP contribution is 2.20. The fourth-order valence-electron chi connectivity index (χ4n) is 2.32. The van der Waals surface area contributed by atoms with Crippen molar-refractivity contribution in [3.05, 3.63) is 5.15 Å². The molecule has 0 saturated carbocycles. The molecule has 19 heavy (non-hydrogen) atoms. The summed E-state index contributed by atoms with van der Waals surface area (Å²) < 4.78 is 5.26. The van der Waals surface area contributed by atoms with Crippen LogP contribution in [0.5, 0.6) is 0 Å². The van der Waals surface area contributed by atoms with Gasteiger partial charge in [0, 0.05) is 19.6 Å². The van der Waals surface area contributed by atoms with Crippen LogP contribution in [-0.2, 0) is 9.53 Å². The summed E-state index contributed by atoms with van der Waals surface area (Å²) in [6, 6.07) is 0.0236. The molecular weight excluding hydrogens is 272 g/mol. The third-order valence-electron chi connectivity index (χ3n) is 3.28. The van der Waals surface area contributed by atoms with E-state index < -0.39 is 0 Å². The lowest BCUT2D eigenvalue weighted by Gasteiger charge is -2.43. The number of amides is 1. The van der Waals surface area contributed by atoms with Crippen LogP contribution in [0.15, 0.2) is 0 Å². The van der Waals surface area contributed by atoms with Crippen molar-refractivity contribution >= 4 is 29.3 Å². The number of aromatic nitrogens is 3. The Bertz CT molecular complexity index is 513. The minimum absolute atomic E-state index is 0.0236. The summed E-state index contributed by atoms with van der Waals surface area (Å²) in [6.07, 6.45) is 0. The van der Waals surface area contributed by atoms with Crippen LogP contribution in [-0.4, -0.2) is 64.9 Å². The second kappa shape index (κ2) is 4.78. The summed E-state index contributed by atoms with van der Waals surface area (Å²) >= 11 is 5.70. The number of nitrogen functional groups attached to an aromatic ring is 1. The first-order valence-electron chi connectivity index (χ1n) is 5.93. The molecule has 2 aliphatic rings. The summed E-state index contributed by atoms with van der Waals surface area (Å²) in [4.78, 5) is 19.6. The lowest BCUT2D eigenvalue weighted by atomic mass is 10.1. The third kappa shape index (κ3) is 2.28. The Kier molecular flexibility index (Phi) is 3.11. The van der Waals surface area contributed by atoms with Crippen molar-refractivity contribution in [3.8, 4) is 0 Å². The molecule has 0 aliphatic carbocycles. The molecule has 9 heteroatoms. The Balaban J connectivity index is 1.77. The first kappa shape index (κ1) is 12.4. The monoisotopic (exact) mass is 284 g/mol. The highest BCUT2D eigenvalue weighted by Gasteiger charge is 2.34. The van der Waals surface area contributed by atoms with Gasteiger partial charge in [0.2, 0.25) is 11.9 Å². The van der Waals surface area contributed by atoms with E-state index in [-0.39, 0.29) is 29.5 Å². The summed E-state index contributed by atoms with van der Waals surface area (Å²) in [6.45, 7) is 2.57. The largest absolute Gasteiger partial charge is 0.381 e. The number of anilines is 2. The van der Waals surface area contributed by atoms with Crippen LogP contribution in [0.4, 0.5) is 11.8 Å². The SMILES string of the molecule is Nc1nc(N2CCN3C(=O)COCC3C2)nnc1Cl. The molecule has 3 heterocycles. The minimum atomic E-state index is 0.0236. The molecule has 1 aromatic heterocycles. The second-order valence-electron chi connectivity index (χ2n) is 4.49. The molecule has 3 rings (SSSR count). The van der Waals surface area contributed by atoms with Gasteiger partial charge in [0.05, 0.1) is 12.6 Å². The van der Waals surface area contributed by atoms with Crippen LogP contribution >= 0.6 is 11.6 Å². The van der Waals surface area contributed by atoms with Crippen LogP contribution in [0, 0.1) is 0 Å². The maximum absolute atomic E-state index is 11.7. The van der Waals surface area contributed by atoms with Crippen molar-refractivity contribution in [3.63, 3.8) is 0 Å². The molecule has 0 radical (unpaired) electrons. The van der Waals surface area contributed by atoms with Crippen molar-refractivity contribution in [2.75, 3.05) is 43.5 Å². The van der Waals surface area contributed by atoms with Crippen LogP contribution in [0.25, 0.3) is 0 Å². The molecule has 0 aromatic carbocycles. The molecule has 1 unspecified atom stereocenters. The maximum Gasteiger partial charge on any atom is 0.249 e. The Labute approximate surface area is 114 Å². The summed E-state index contributed by atoms with van der Waals surface area (Å²) in [5.74, 6) is 0.621. The molecule has 0 bridgehead atoms. The van der Waals surface area contributed by atoms with E-state index in [1.54, 1.807) is 0 Å². The van der Waals surface area contributed by atoms with Gasteiger partial charge in [-0.1, -0.05) is 11.6 Å². The predicted molar refractivity (Wildman–Crippen MR) is 67.8 cm³/mol. The molecule has 1 aromatic rings. The van der Waals surface area contributed by atoms with Crippen molar-refractivity contribution in [2.45, 2.75) is 6.04 Å². The molecule has 2 aliphatic heterocycles. The topological polar surface area (TPSA) is 97.5 Å². The molecule has 1 amide bonds. The Hall–Kier alpha value is -1.67. The van der Waals surface area contributed by atoms with Crippen molar-refractivity contribution in [1.82, 2.24) is 20.1 Å². The Morgan fingerprint density at radius 1 is 1.37 bits per heavy atom. The second-order valence-corrected chi connectivity index (χ2v) is 4.85. The van der Waals surface area contributed by atoms with Crippen molar-refractivity contribution in [1.29, 1.82) is 0 Å². The van der Waals surface area contributed by atoms with Gasteiger partial charge in [0.1, 0.15) is 6.61 Å². The average Bonchev–Trinajstić information content (AvgIpc) is 2.42. The number of carbonyl (C=O) groups is 1. The van der Waals surface area contributed by atoms with E-state index in [4.69, 9.17) is 22.1 Å². The molecule has 2 saturated heterocycles. The molecule has 1 atom stereocenters. The van der Waals surface area contributed by atoms with Gasteiger partial charge in [-0.05, 0) is 0 Å². The molecule has 8 nitrogen and oxygen atoms in total. The highest BCUT2D eigenvalue weighted by molar-refractivity contribution is 6.31. The van der Waals surface area contributed by atoms with Gasteiger partial charge in [0.15, 0.2) is 11.0 Å². The summed E-state index contributed by atoms with van der Waals surface area (Å²) in [5.41, 5.74) is 5.62. The quantitative estimate of drug-likeness (QED) is 0.717. The first-order valence-corrected chi connectivity index (χ1v) is 6.31. The van der Waals surface area contributed by atoms with Gasteiger partial charge >= 0.3 is 0 Å². The van der Waals surface area contributed by atoms with Crippen LogP contribution in [0.1, 0.15) is 0 Å². The van der Waals surface area contributed by atoms with Crippen LogP contribution in [0.2, 0.25) is 5.15 Å². The minimum Gasteiger partial charge on any atom is -0.381 e. The number of halogens is 1. The number of nitrogens with zero attached hydrogens (tertiary/aromatic N) is 5. The fourth-order valence-corrected chi connectivity index (χ4v) is 2.40. The van der Waals surface area contributed by atoms with Gasteiger partial charge in [-0.3, -0.25) is 4.79 Å². The number of nitrogens with two attached hydrogens (primary N) is 1.